The molecular formula is C21H21ClN4O4S. The van der Waals surface area contributed by atoms with E-state index >= 15 is 0 Å². The number of nitrogens with one attached hydrogen (secondary N) is 2. The lowest BCUT2D eigenvalue weighted by Gasteiger charge is -2.23. The monoisotopic (exact) mass is 460 g/mol. The van der Waals surface area contributed by atoms with E-state index in [2.05, 4.69) is 15.6 Å². The minimum atomic E-state index is -0.343. The number of carbonyl (C=O) groups is 3. The number of benzene rings is 1. The van der Waals surface area contributed by atoms with Crippen molar-refractivity contribution in [1.29, 1.82) is 0 Å². The van der Waals surface area contributed by atoms with Crippen molar-refractivity contribution >= 4 is 45.8 Å². The molecule has 31 heavy (non-hydrogen) atoms. The predicted octanol–water partition coefficient (Wildman–Crippen LogP) is 3.45. The number of hydrogen-bond acceptors (Lipinski definition) is 6. The first kappa shape index (κ1) is 22.5. The van der Waals surface area contributed by atoms with Gasteiger partial charge in [0.05, 0.1) is 19.4 Å². The third-order valence-electron chi connectivity index (χ3n) is 4.29. The van der Waals surface area contributed by atoms with Crippen LogP contribution in [0.15, 0.2) is 58.7 Å². The molecule has 162 valence electrons. The van der Waals surface area contributed by atoms with Crippen LogP contribution in [0.2, 0.25) is 5.02 Å². The van der Waals surface area contributed by atoms with Crippen LogP contribution in [-0.2, 0) is 27.5 Å². The van der Waals surface area contributed by atoms with Gasteiger partial charge in [-0.15, -0.1) is 11.3 Å². The number of nitrogens with zero attached hydrogens (tertiary/aromatic N) is 2. The first-order valence-corrected chi connectivity index (χ1v) is 10.8. The number of amides is 3. The molecule has 0 saturated carbocycles. The van der Waals surface area contributed by atoms with Crippen LogP contribution in [-0.4, -0.2) is 34.2 Å². The second-order valence-corrected chi connectivity index (χ2v) is 7.88. The van der Waals surface area contributed by atoms with E-state index in [1.165, 1.54) is 22.5 Å². The zero-order valence-electron chi connectivity index (χ0n) is 16.5. The molecule has 3 aromatic rings. The Morgan fingerprint density at radius 1 is 1.10 bits per heavy atom. The van der Waals surface area contributed by atoms with Gasteiger partial charge in [-0.3, -0.25) is 14.4 Å². The van der Waals surface area contributed by atoms with Gasteiger partial charge in [0.2, 0.25) is 17.7 Å². The maximum atomic E-state index is 12.8. The highest BCUT2D eigenvalue weighted by Gasteiger charge is 2.20. The lowest BCUT2D eigenvalue weighted by molar-refractivity contribution is -0.137. The number of aromatic nitrogens is 1. The zero-order chi connectivity index (χ0) is 22.1. The average molecular weight is 461 g/mol. The van der Waals surface area contributed by atoms with Crippen molar-refractivity contribution in [2.24, 2.45) is 0 Å². The molecule has 0 fully saturated rings. The molecule has 2 aromatic heterocycles. The Morgan fingerprint density at radius 3 is 2.65 bits per heavy atom. The summed E-state index contributed by atoms with van der Waals surface area (Å²) in [6.45, 7) is 0.204. The molecule has 0 radical (unpaired) electrons. The highest BCUT2D eigenvalue weighted by molar-refractivity contribution is 7.13. The maximum absolute atomic E-state index is 12.8. The van der Waals surface area contributed by atoms with Crippen molar-refractivity contribution in [3.05, 3.63) is 70.6 Å². The first-order valence-electron chi connectivity index (χ1n) is 9.51. The Kier molecular flexibility index (Phi) is 8.19. The van der Waals surface area contributed by atoms with Crippen molar-refractivity contribution in [2.45, 2.75) is 25.9 Å². The molecule has 0 unspecified atom stereocenters. The van der Waals surface area contributed by atoms with Gasteiger partial charge >= 0.3 is 0 Å². The molecule has 3 rings (SSSR count). The van der Waals surface area contributed by atoms with Gasteiger partial charge in [0, 0.05) is 36.0 Å². The fraction of sp³-hybridized carbons (Fsp3) is 0.238. The Balaban J connectivity index is 1.59. The van der Waals surface area contributed by atoms with Gasteiger partial charge in [0.15, 0.2) is 5.13 Å². The molecule has 0 saturated heterocycles. The van der Waals surface area contributed by atoms with Gasteiger partial charge in [0.1, 0.15) is 5.76 Å². The highest BCUT2D eigenvalue weighted by atomic mass is 35.5. The third kappa shape index (κ3) is 7.23. The van der Waals surface area contributed by atoms with Gasteiger partial charge in [-0.2, -0.15) is 0 Å². The molecule has 0 aliphatic heterocycles. The molecule has 0 atom stereocenters. The fourth-order valence-electron chi connectivity index (χ4n) is 2.74. The average Bonchev–Trinajstić information content (AvgIpc) is 3.46. The van der Waals surface area contributed by atoms with Crippen LogP contribution in [0.4, 0.5) is 5.13 Å². The molecule has 0 bridgehead atoms. The van der Waals surface area contributed by atoms with Crippen molar-refractivity contribution in [3.63, 3.8) is 0 Å². The van der Waals surface area contributed by atoms with Crippen LogP contribution in [0.25, 0.3) is 0 Å². The van der Waals surface area contributed by atoms with Crippen LogP contribution < -0.4 is 10.6 Å². The number of rotatable bonds is 10. The SMILES string of the molecule is O=C(CN(Cc1ccccc1Cl)C(=O)CCC(=O)Nc1nccs1)NCc1ccco1. The van der Waals surface area contributed by atoms with Gasteiger partial charge in [-0.25, -0.2) is 4.98 Å². The fourth-order valence-corrected chi connectivity index (χ4v) is 3.48. The summed E-state index contributed by atoms with van der Waals surface area (Å²) in [6, 6.07) is 10.6. The summed E-state index contributed by atoms with van der Waals surface area (Å²) in [5, 5.41) is 8.07. The molecule has 8 nitrogen and oxygen atoms in total. The van der Waals surface area contributed by atoms with E-state index in [0.29, 0.717) is 21.5 Å². The molecule has 0 aliphatic carbocycles. The zero-order valence-corrected chi connectivity index (χ0v) is 18.1. The maximum Gasteiger partial charge on any atom is 0.240 e. The van der Waals surface area contributed by atoms with Crippen LogP contribution in [0, 0.1) is 0 Å². The lowest BCUT2D eigenvalue weighted by Crippen LogP contribution is -2.40. The summed E-state index contributed by atoms with van der Waals surface area (Å²) in [6.07, 6.45) is 3.03. The second kappa shape index (κ2) is 11.3. The summed E-state index contributed by atoms with van der Waals surface area (Å²) < 4.78 is 5.19. The van der Waals surface area contributed by atoms with Crippen LogP contribution in [0.3, 0.4) is 0 Å². The third-order valence-corrected chi connectivity index (χ3v) is 5.35. The number of furan rings is 1. The van der Waals surface area contributed by atoms with E-state index in [1.807, 2.05) is 6.07 Å². The summed E-state index contributed by atoms with van der Waals surface area (Å²) in [7, 11) is 0. The van der Waals surface area contributed by atoms with Crippen molar-refractivity contribution in [2.75, 3.05) is 11.9 Å². The van der Waals surface area contributed by atoms with Crippen LogP contribution >= 0.6 is 22.9 Å². The van der Waals surface area contributed by atoms with Gasteiger partial charge in [-0.1, -0.05) is 29.8 Å². The smallest absolute Gasteiger partial charge is 0.240 e. The summed E-state index contributed by atoms with van der Waals surface area (Å²) in [5.41, 5.74) is 0.712. The summed E-state index contributed by atoms with van der Waals surface area (Å²) in [5.74, 6) is -0.383. The van der Waals surface area contributed by atoms with Gasteiger partial charge in [-0.05, 0) is 23.8 Å². The molecular weight excluding hydrogens is 440 g/mol. The van der Waals surface area contributed by atoms with E-state index in [1.54, 1.807) is 41.9 Å². The van der Waals surface area contributed by atoms with Crippen molar-refractivity contribution in [3.8, 4) is 0 Å². The minimum absolute atomic E-state index is 0.0224. The van der Waals surface area contributed by atoms with E-state index in [0.717, 1.165) is 0 Å². The molecule has 2 heterocycles. The largest absolute Gasteiger partial charge is 0.467 e. The Hall–Kier alpha value is -3.17. The van der Waals surface area contributed by atoms with Crippen molar-refractivity contribution < 1.29 is 18.8 Å². The topological polar surface area (TPSA) is 105 Å². The van der Waals surface area contributed by atoms with Gasteiger partial charge < -0.3 is 20.0 Å². The second-order valence-electron chi connectivity index (χ2n) is 6.58. The van der Waals surface area contributed by atoms with E-state index in [4.69, 9.17) is 16.0 Å². The summed E-state index contributed by atoms with van der Waals surface area (Å²) in [4.78, 5) is 42.7. The van der Waals surface area contributed by atoms with Gasteiger partial charge in [0.25, 0.3) is 0 Å². The molecule has 3 amide bonds. The van der Waals surface area contributed by atoms with Crippen LogP contribution in [0.5, 0.6) is 0 Å². The van der Waals surface area contributed by atoms with E-state index in [9.17, 15) is 14.4 Å². The molecule has 0 spiro atoms. The normalized spacial score (nSPS) is 10.5. The highest BCUT2D eigenvalue weighted by Crippen LogP contribution is 2.18. The van der Waals surface area contributed by atoms with Crippen LogP contribution in [0.1, 0.15) is 24.2 Å². The summed E-state index contributed by atoms with van der Waals surface area (Å²) >= 11 is 7.52. The number of anilines is 1. The molecule has 0 aliphatic rings. The number of hydrogen-bond donors (Lipinski definition) is 2. The minimum Gasteiger partial charge on any atom is -0.467 e. The predicted molar refractivity (Wildman–Crippen MR) is 117 cm³/mol. The molecule has 2 N–H and O–H groups in total. The Bertz CT molecular complexity index is 1010. The van der Waals surface area contributed by atoms with Crippen molar-refractivity contribution in [1.82, 2.24) is 15.2 Å². The molecule has 10 heteroatoms. The first-order chi connectivity index (χ1) is 15.0. The number of halogens is 1. The number of thiazole rings is 1. The quantitative estimate of drug-likeness (QED) is 0.482. The van der Waals surface area contributed by atoms with E-state index in [-0.39, 0.29) is 50.2 Å². The Morgan fingerprint density at radius 2 is 1.94 bits per heavy atom. The van der Waals surface area contributed by atoms with E-state index < -0.39 is 0 Å². The Labute approximate surface area is 188 Å². The lowest BCUT2D eigenvalue weighted by atomic mass is 10.2. The standard InChI is InChI=1S/C21H21ClN4O4S/c22-17-6-2-1-4-15(17)13-26(14-19(28)24-12-16-5-3-10-30-16)20(29)8-7-18(27)25-21-23-9-11-31-21/h1-6,9-11H,7-8,12-14H2,(H,24,28)(H,23,25,27). The number of carbonyl (C=O) groups excluding carboxylic acids is 3. The molecule has 1 aromatic carbocycles.